The smallest absolute Gasteiger partial charge is 0.236 e. The highest BCUT2D eigenvalue weighted by Crippen LogP contribution is 2.19. The molecule has 0 radical (unpaired) electrons. The van der Waals surface area contributed by atoms with Crippen molar-refractivity contribution in [2.45, 2.75) is 25.7 Å². The first kappa shape index (κ1) is 11.9. The number of nitrogens with two attached hydrogens (primary N) is 1. The van der Waals surface area contributed by atoms with Crippen LogP contribution in [0.25, 0.3) is 0 Å². The fraction of sp³-hybridized carbons (Fsp3) is 0.917. The molecule has 1 atom stereocenters. The predicted molar refractivity (Wildman–Crippen MR) is 64.0 cm³/mol. The maximum Gasteiger partial charge on any atom is 0.236 e. The molecule has 2 heterocycles. The van der Waals surface area contributed by atoms with Gasteiger partial charge in [0.2, 0.25) is 5.91 Å². The first-order valence-electron chi connectivity index (χ1n) is 6.50. The van der Waals surface area contributed by atoms with E-state index in [2.05, 4.69) is 4.90 Å². The zero-order valence-electron chi connectivity index (χ0n) is 10.0. The summed E-state index contributed by atoms with van der Waals surface area (Å²) in [6.45, 7) is 5.48. The lowest BCUT2D eigenvalue weighted by molar-refractivity contribution is -0.131. The molecule has 16 heavy (non-hydrogen) atoms. The monoisotopic (exact) mass is 225 g/mol. The third-order valence-electron chi connectivity index (χ3n) is 3.76. The van der Waals surface area contributed by atoms with E-state index in [9.17, 15) is 4.79 Å². The second-order valence-electron chi connectivity index (χ2n) is 5.06. The van der Waals surface area contributed by atoms with Gasteiger partial charge in [-0.25, -0.2) is 0 Å². The SMILES string of the molecule is NCCC1CCN(CC(=O)N2CCCC2)C1. The number of hydrogen-bond donors (Lipinski definition) is 1. The molecule has 0 spiro atoms. The molecule has 0 bridgehead atoms. The van der Waals surface area contributed by atoms with Gasteiger partial charge in [-0.3, -0.25) is 9.69 Å². The van der Waals surface area contributed by atoms with Gasteiger partial charge in [0.05, 0.1) is 6.54 Å². The average molecular weight is 225 g/mol. The maximum atomic E-state index is 11.9. The van der Waals surface area contributed by atoms with Gasteiger partial charge >= 0.3 is 0 Å². The van der Waals surface area contributed by atoms with Crippen LogP contribution in [0.4, 0.5) is 0 Å². The summed E-state index contributed by atoms with van der Waals surface area (Å²) in [6.07, 6.45) is 4.68. The first-order valence-corrected chi connectivity index (χ1v) is 6.50. The molecule has 0 saturated carbocycles. The highest BCUT2D eigenvalue weighted by Gasteiger charge is 2.26. The third kappa shape index (κ3) is 2.95. The molecular weight excluding hydrogens is 202 g/mol. The molecule has 92 valence electrons. The maximum absolute atomic E-state index is 11.9. The molecule has 2 rings (SSSR count). The Hall–Kier alpha value is -0.610. The zero-order valence-corrected chi connectivity index (χ0v) is 10.0. The van der Waals surface area contributed by atoms with E-state index in [1.54, 1.807) is 0 Å². The molecule has 2 fully saturated rings. The molecule has 2 saturated heterocycles. The summed E-state index contributed by atoms with van der Waals surface area (Å²) in [5.74, 6) is 1.04. The van der Waals surface area contributed by atoms with E-state index in [0.717, 1.165) is 45.1 Å². The van der Waals surface area contributed by atoms with Crippen LogP contribution >= 0.6 is 0 Å². The van der Waals surface area contributed by atoms with Crippen LogP contribution in [0, 0.1) is 5.92 Å². The Morgan fingerprint density at radius 1 is 1.25 bits per heavy atom. The highest BCUT2D eigenvalue weighted by atomic mass is 16.2. The second kappa shape index (κ2) is 5.64. The topological polar surface area (TPSA) is 49.6 Å². The van der Waals surface area contributed by atoms with E-state index in [-0.39, 0.29) is 0 Å². The fourth-order valence-electron chi connectivity index (χ4n) is 2.79. The standard InChI is InChI=1S/C12H23N3O/c13-5-3-11-4-8-14(9-11)10-12(16)15-6-1-2-7-15/h11H,1-10,13H2. The van der Waals surface area contributed by atoms with Crippen molar-refractivity contribution in [1.29, 1.82) is 0 Å². The molecule has 1 unspecified atom stereocenters. The summed E-state index contributed by atoms with van der Waals surface area (Å²) >= 11 is 0. The molecule has 4 nitrogen and oxygen atoms in total. The third-order valence-corrected chi connectivity index (χ3v) is 3.76. The van der Waals surface area contributed by atoms with E-state index < -0.39 is 0 Å². The Labute approximate surface area is 97.8 Å². The van der Waals surface area contributed by atoms with E-state index in [1.165, 1.54) is 19.3 Å². The van der Waals surface area contributed by atoms with Crippen LogP contribution in [0.2, 0.25) is 0 Å². The van der Waals surface area contributed by atoms with Gasteiger partial charge in [0.15, 0.2) is 0 Å². The number of amides is 1. The van der Waals surface area contributed by atoms with Crippen LogP contribution in [0.15, 0.2) is 0 Å². The lowest BCUT2D eigenvalue weighted by atomic mass is 10.1. The van der Waals surface area contributed by atoms with Gasteiger partial charge in [-0.1, -0.05) is 0 Å². The summed E-state index contributed by atoms with van der Waals surface area (Å²) in [6, 6.07) is 0. The molecule has 4 heteroatoms. The van der Waals surface area contributed by atoms with Crippen molar-refractivity contribution < 1.29 is 4.79 Å². The quantitative estimate of drug-likeness (QED) is 0.747. The van der Waals surface area contributed by atoms with Crippen molar-refractivity contribution in [2.75, 3.05) is 39.3 Å². The minimum atomic E-state index is 0.325. The minimum absolute atomic E-state index is 0.325. The van der Waals surface area contributed by atoms with Crippen molar-refractivity contribution in [1.82, 2.24) is 9.80 Å². The van der Waals surface area contributed by atoms with Crippen LogP contribution in [-0.2, 0) is 4.79 Å². The van der Waals surface area contributed by atoms with Crippen molar-refractivity contribution in [3.05, 3.63) is 0 Å². The molecule has 0 aliphatic carbocycles. The molecule has 1 amide bonds. The molecule has 0 aromatic carbocycles. The van der Waals surface area contributed by atoms with Crippen LogP contribution < -0.4 is 5.73 Å². The van der Waals surface area contributed by atoms with E-state index in [1.807, 2.05) is 4.90 Å². The minimum Gasteiger partial charge on any atom is -0.342 e. The number of likely N-dealkylation sites (tertiary alicyclic amines) is 2. The number of carbonyl (C=O) groups is 1. The molecule has 0 aromatic heterocycles. The van der Waals surface area contributed by atoms with Gasteiger partial charge in [-0.2, -0.15) is 0 Å². The largest absolute Gasteiger partial charge is 0.342 e. The van der Waals surface area contributed by atoms with Crippen molar-refractivity contribution in [3.63, 3.8) is 0 Å². The summed E-state index contributed by atoms with van der Waals surface area (Å²) in [4.78, 5) is 16.2. The summed E-state index contributed by atoms with van der Waals surface area (Å²) in [5, 5.41) is 0. The Bertz CT molecular complexity index is 238. The molecule has 2 N–H and O–H groups in total. The molecule has 0 aromatic rings. The van der Waals surface area contributed by atoms with Crippen LogP contribution in [0.5, 0.6) is 0 Å². The molecular formula is C12H23N3O. The number of nitrogens with zero attached hydrogens (tertiary/aromatic N) is 2. The predicted octanol–water partition coefficient (Wildman–Crippen LogP) is 0.280. The fourth-order valence-corrected chi connectivity index (χ4v) is 2.79. The van der Waals surface area contributed by atoms with E-state index in [0.29, 0.717) is 12.5 Å². The van der Waals surface area contributed by atoms with Crippen molar-refractivity contribution in [2.24, 2.45) is 11.7 Å². The van der Waals surface area contributed by atoms with Gasteiger partial charge in [-0.05, 0) is 44.7 Å². The zero-order chi connectivity index (χ0) is 11.4. The average Bonchev–Trinajstić information content (AvgIpc) is 2.89. The number of hydrogen-bond acceptors (Lipinski definition) is 3. The Balaban J connectivity index is 1.71. The first-order chi connectivity index (χ1) is 7.79. The van der Waals surface area contributed by atoms with Crippen LogP contribution in [0.1, 0.15) is 25.7 Å². The highest BCUT2D eigenvalue weighted by molar-refractivity contribution is 5.78. The lowest BCUT2D eigenvalue weighted by Gasteiger charge is -2.20. The van der Waals surface area contributed by atoms with Crippen LogP contribution in [0.3, 0.4) is 0 Å². The lowest BCUT2D eigenvalue weighted by Crippen LogP contribution is -2.38. The Morgan fingerprint density at radius 3 is 2.69 bits per heavy atom. The van der Waals surface area contributed by atoms with Crippen molar-refractivity contribution >= 4 is 5.91 Å². The molecule has 2 aliphatic rings. The number of carbonyl (C=O) groups excluding carboxylic acids is 1. The normalized spacial score (nSPS) is 26.6. The van der Waals surface area contributed by atoms with E-state index in [4.69, 9.17) is 5.73 Å². The summed E-state index contributed by atoms with van der Waals surface area (Å²) < 4.78 is 0. The molecule has 2 aliphatic heterocycles. The van der Waals surface area contributed by atoms with Gasteiger partial charge in [0.25, 0.3) is 0 Å². The Kier molecular flexibility index (Phi) is 4.18. The summed E-state index contributed by atoms with van der Waals surface area (Å²) in [7, 11) is 0. The van der Waals surface area contributed by atoms with Gasteiger partial charge < -0.3 is 10.6 Å². The van der Waals surface area contributed by atoms with Crippen molar-refractivity contribution in [3.8, 4) is 0 Å². The van der Waals surface area contributed by atoms with Gasteiger partial charge in [-0.15, -0.1) is 0 Å². The Morgan fingerprint density at radius 2 is 2.00 bits per heavy atom. The van der Waals surface area contributed by atoms with Gasteiger partial charge in [0, 0.05) is 19.6 Å². The van der Waals surface area contributed by atoms with E-state index >= 15 is 0 Å². The van der Waals surface area contributed by atoms with Crippen LogP contribution in [-0.4, -0.2) is 55.0 Å². The number of rotatable bonds is 4. The van der Waals surface area contributed by atoms with Gasteiger partial charge in [0.1, 0.15) is 0 Å². The second-order valence-corrected chi connectivity index (χ2v) is 5.06. The summed E-state index contributed by atoms with van der Waals surface area (Å²) in [5.41, 5.74) is 5.56.